The second-order valence-electron chi connectivity index (χ2n) is 6.09. The third-order valence-corrected chi connectivity index (χ3v) is 6.36. The predicted molar refractivity (Wildman–Crippen MR) is 83.4 cm³/mol. The molecule has 0 aromatic rings. The van der Waals surface area contributed by atoms with Crippen LogP contribution in [0.1, 0.15) is 77.6 Å². The summed E-state index contributed by atoms with van der Waals surface area (Å²) < 4.78 is 0. The normalized spacial score (nSPS) is 31.8. The zero-order valence-corrected chi connectivity index (χ0v) is 12.9. The fourth-order valence-corrected chi connectivity index (χ4v) is 5.38. The number of hydrogen-bond donors (Lipinski definition) is 1. The first-order valence-electron chi connectivity index (χ1n) is 8.29. The summed E-state index contributed by atoms with van der Waals surface area (Å²) >= 11 is 2.35. The fourth-order valence-electron chi connectivity index (χ4n) is 3.56. The molecule has 2 saturated carbocycles. The Labute approximate surface area is 118 Å². The molecule has 106 valence electrons. The van der Waals surface area contributed by atoms with Crippen LogP contribution in [0.15, 0.2) is 0 Å². The monoisotopic (exact) mass is 269 g/mol. The van der Waals surface area contributed by atoms with E-state index in [0.717, 1.165) is 23.1 Å². The van der Waals surface area contributed by atoms with Crippen molar-refractivity contribution in [3.8, 4) is 0 Å². The van der Waals surface area contributed by atoms with Crippen LogP contribution in [-0.2, 0) is 0 Å². The third kappa shape index (κ3) is 4.77. The highest BCUT2D eigenvalue weighted by molar-refractivity contribution is 8.00. The second kappa shape index (κ2) is 8.47. The molecule has 0 saturated heterocycles. The van der Waals surface area contributed by atoms with Gasteiger partial charge in [0.25, 0.3) is 0 Å². The quantitative estimate of drug-likeness (QED) is 0.790. The highest BCUT2D eigenvalue weighted by atomic mass is 32.2. The van der Waals surface area contributed by atoms with Gasteiger partial charge in [0.05, 0.1) is 0 Å². The van der Waals surface area contributed by atoms with Crippen LogP contribution in [0, 0.1) is 0 Å². The van der Waals surface area contributed by atoms with Crippen LogP contribution in [0.4, 0.5) is 0 Å². The fraction of sp³-hybridized carbons (Fsp3) is 1.00. The zero-order valence-electron chi connectivity index (χ0n) is 12.1. The van der Waals surface area contributed by atoms with E-state index >= 15 is 0 Å². The standard InChI is InChI=1S/C16H31NS/c1-2-17-15-12-8-3-4-9-13-16(15)18-14-10-6-5-7-11-14/h14-17H,2-13H2,1H3. The van der Waals surface area contributed by atoms with Crippen molar-refractivity contribution in [1.29, 1.82) is 0 Å². The lowest BCUT2D eigenvalue weighted by atomic mass is 9.96. The van der Waals surface area contributed by atoms with Gasteiger partial charge in [-0.15, -0.1) is 0 Å². The van der Waals surface area contributed by atoms with Gasteiger partial charge in [0.1, 0.15) is 0 Å². The molecule has 0 heterocycles. The van der Waals surface area contributed by atoms with Gasteiger partial charge in [-0.25, -0.2) is 0 Å². The van der Waals surface area contributed by atoms with Crippen LogP contribution in [0.2, 0.25) is 0 Å². The molecular formula is C16H31NS. The van der Waals surface area contributed by atoms with Crippen LogP contribution in [0.25, 0.3) is 0 Å². The summed E-state index contributed by atoms with van der Waals surface area (Å²) in [5.74, 6) is 0. The van der Waals surface area contributed by atoms with E-state index in [9.17, 15) is 0 Å². The molecule has 0 radical (unpaired) electrons. The molecule has 2 atom stereocenters. The van der Waals surface area contributed by atoms with Gasteiger partial charge in [-0.3, -0.25) is 0 Å². The minimum Gasteiger partial charge on any atom is -0.313 e. The molecule has 1 N–H and O–H groups in total. The smallest absolute Gasteiger partial charge is 0.0203 e. The predicted octanol–water partition coefficient (Wildman–Crippen LogP) is 4.75. The molecule has 2 aliphatic rings. The molecule has 0 aromatic carbocycles. The molecule has 0 amide bonds. The molecule has 2 aliphatic carbocycles. The van der Waals surface area contributed by atoms with Crippen LogP contribution >= 0.6 is 11.8 Å². The van der Waals surface area contributed by atoms with Gasteiger partial charge < -0.3 is 5.32 Å². The van der Waals surface area contributed by atoms with E-state index in [1.165, 1.54) is 70.6 Å². The molecule has 0 bridgehead atoms. The highest BCUT2D eigenvalue weighted by Gasteiger charge is 2.26. The highest BCUT2D eigenvalue weighted by Crippen LogP contribution is 2.36. The lowest BCUT2D eigenvalue weighted by molar-refractivity contribution is 0.403. The van der Waals surface area contributed by atoms with Crippen LogP contribution in [0.3, 0.4) is 0 Å². The maximum atomic E-state index is 3.77. The Kier molecular flexibility index (Phi) is 6.93. The molecule has 18 heavy (non-hydrogen) atoms. The topological polar surface area (TPSA) is 12.0 Å². The van der Waals surface area contributed by atoms with Gasteiger partial charge in [0, 0.05) is 16.5 Å². The van der Waals surface area contributed by atoms with Crippen LogP contribution in [0.5, 0.6) is 0 Å². The molecule has 2 unspecified atom stereocenters. The van der Waals surface area contributed by atoms with E-state index in [1.807, 2.05) is 0 Å². The lowest BCUT2D eigenvalue weighted by Gasteiger charge is -2.33. The van der Waals surface area contributed by atoms with Gasteiger partial charge in [-0.05, 0) is 32.2 Å². The maximum Gasteiger partial charge on any atom is 0.0203 e. The van der Waals surface area contributed by atoms with E-state index in [2.05, 4.69) is 24.0 Å². The molecule has 2 heteroatoms. The van der Waals surface area contributed by atoms with E-state index in [1.54, 1.807) is 0 Å². The first-order chi connectivity index (χ1) is 8.90. The molecule has 0 aliphatic heterocycles. The van der Waals surface area contributed by atoms with E-state index in [-0.39, 0.29) is 0 Å². The van der Waals surface area contributed by atoms with Gasteiger partial charge >= 0.3 is 0 Å². The number of rotatable bonds is 4. The van der Waals surface area contributed by atoms with Crippen LogP contribution < -0.4 is 5.32 Å². The van der Waals surface area contributed by atoms with E-state index in [4.69, 9.17) is 0 Å². The largest absolute Gasteiger partial charge is 0.313 e. The summed E-state index contributed by atoms with van der Waals surface area (Å²) in [6.45, 7) is 3.41. The van der Waals surface area contributed by atoms with Crippen LogP contribution in [-0.4, -0.2) is 23.1 Å². The number of nitrogens with one attached hydrogen (secondary N) is 1. The first-order valence-corrected chi connectivity index (χ1v) is 9.23. The Bertz CT molecular complexity index is 213. The molecule has 2 rings (SSSR count). The van der Waals surface area contributed by atoms with E-state index < -0.39 is 0 Å². The molecule has 1 nitrogen and oxygen atoms in total. The Hall–Kier alpha value is 0.310. The van der Waals surface area contributed by atoms with E-state index in [0.29, 0.717) is 0 Å². The van der Waals surface area contributed by atoms with Crippen molar-refractivity contribution in [2.24, 2.45) is 0 Å². The van der Waals surface area contributed by atoms with Crippen molar-refractivity contribution in [1.82, 2.24) is 5.32 Å². The minimum absolute atomic E-state index is 0.794. The van der Waals surface area contributed by atoms with Gasteiger partial charge in [-0.2, -0.15) is 11.8 Å². The zero-order chi connectivity index (χ0) is 12.6. The summed E-state index contributed by atoms with van der Waals surface area (Å²) in [5, 5.41) is 5.64. The number of hydrogen-bond acceptors (Lipinski definition) is 2. The Morgan fingerprint density at radius 1 is 0.833 bits per heavy atom. The SMILES string of the molecule is CCNC1CCCCCCC1SC1CCCCC1. The lowest BCUT2D eigenvalue weighted by Crippen LogP contribution is -2.39. The Balaban J connectivity index is 1.86. The maximum absolute atomic E-state index is 3.77. The van der Waals surface area contributed by atoms with Crippen molar-refractivity contribution in [3.05, 3.63) is 0 Å². The Morgan fingerprint density at radius 3 is 2.17 bits per heavy atom. The minimum atomic E-state index is 0.794. The van der Waals surface area contributed by atoms with Crippen molar-refractivity contribution in [2.75, 3.05) is 6.54 Å². The van der Waals surface area contributed by atoms with Gasteiger partial charge in [0.2, 0.25) is 0 Å². The summed E-state index contributed by atoms with van der Waals surface area (Å²) in [6.07, 6.45) is 16.1. The summed E-state index contributed by atoms with van der Waals surface area (Å²) in [4.78, 5) is 0. The number of thioether (sulfide) groups is 1. The molecule has 2 fully saturated rings. The van der Waals surface area contributed by atoms with Gasteiger partial charge in [0.15, 0.2) is 0 Å². The third-order valence-electron chi connectivity index (χ3n) is 4.59. The summed E-state index contributed by atoms with van der Waals surface area (Å²) in [7, 11) is 0. The first kappa shape index (κ1) is 14.7. The molecule has 0 spiro atoms. The average molecular weight is 269 g/mol. The second-order valence-corrected chi connectivity index (χ2v) is 7.63. The van der Waals surface area contributed by atoms with Crippen molar-refractivity contribution in [2.45, 2.75) is 94.1 Å². The van der Waals surface area contributed by atoms with Gasteiger partial charge in [-0.1, -0.05) is 51.9 Å². The van der Waals surface area contributed by atoms with Crippen molar-refractivity contribution < 1.29 is 0 Å². The molecular weight excluding hydrogens is 238 g/mol. The summed E-state index contributed by atoms with van der Waals surface area (Å²) in [5.41, 5.74) is 0. The molecule has 0 aromatic heterocycles. The average Bonchev–Trinajstić information content (AvgIpc) is 2.38. The van der Waals surface area contributed by atoms with Crippen molar-refractivity contribution >= 4 is 11.8 Å². The Morgan fingerprint density at radius 2 is 1.44 bits per heavy atom. The summed E-state index contributed by atoms with van der Waals surface area (Å²) in [6, 6.07) is 0.794. The van der Waals surface area contributed by atoms with Crippen molar-refractivity contribution in [3.63, 3.8) is 0 Å².